The van der Waals surface area contributed by atoms with Crippen LogP contribution in [0.5, 0.6) is 0 Å². The van der Waals surface area contributed by atoms with Gasteiger partial charge >= 0.3 is 0 Å². The third kappa shape index (κ3) is 3.54. The molecule has 1 aromatic rings. The molecule has 3 nitrogen and oxygen atoms in total. The van der Waals surface area contributed by atoms with Crippen LogP contribution < -0.4 is 5.32 Å². The van der Waals surface area contributed by atoms with E-state index in [0.717, 1.165) is 12.2 Å². The highest BCUT2D eigenvalue weighted by atomic mass is 32.2. The van der Waals surface area contributed by atoms with Gasteiger partial charge in [-0.1, -0.05) is 0 Å². The molecule has 0 aromatic heterocycles. The van der Waals surface area contributed by atoms with Gasteiger partial charge in [0.05, 0.1) is 10.6 Å². The predicted molar refractivity (Wildman–Crippen MR) is 81.4 cm³/mol. The standard InChI is InChI=1S/C14H20FNO2S2/c1-10(5-7-19-2)16-13-6-8-20(17,18)14-4-3-11(15)9-12(13)14/h3-4,9-10,13,16H,5-8H2,1-2H3. The van der Waals surface area contributed by atoms with Gasteiger partial charge in [0.1, 0.15) is 5.82 Å². The highest BCUT2D eigenvalue weighted by Gasteiger charge is 2.31. The number of hydrogen-bond acceptors (Lipinski definition) is 4. The molecule has 0 saturated carbocycles. The molecular formula is C14H20FNO2S2. The Morgan fingerprint density at radius 2 is 2.25 bits per heavy atom. The molecule has 0 bridgehead atoms. The molecule has 0 amide bonds. The van der Waals surface area contributed by atoms with E-state index < -0.39 is 9.84 Å². The molecule has 0 fully saturated rings. The van der Waals surface area contributed by atoms with Crippen molar-refractivity contribution in [2.75, 3.05) is 17.8 Å². The Morgan fingerprint density at radius 1 is 1.50 bits per heavy atom. The van der Waals surface area contributed by atoms with E-state index in [1.54, 1.807) is 11.8 Å². The summed E-state index contributed by atoms with van der Waals surface area (Å²) in [4.78, 5) is 0.278. The number of fused-ring (bicyclic) bond motifs is 1. The van der Waals surface area contributed by atoms with Gasteiger partial charge in [-0.25, -0.2) is 12.8 Å². The van der Waals surface area contributed by atoms with Crippen LogP contribution in [0.15, 0.2) is 23.1 Å². The van der Waals surface area contributed by atoms with Gasteiger partial charge in [-0.3, -0.25) is 0 Å². The molecule has 0 aliphatic carbocycles. The molecule has 0 radical (unpaired) electrons. The van der Waals surface area contributed by atoms with Crippen molar-refractivity contribution in [3.63, 3.8) is 0 Å². The molecule has 2 rings (SSSR count). The molecule has 1 N–H and O–H groups in total. The topological polar surface area (TPSA) is 46.2 Å². The maximum atomic E-state index is 13.4. The van der Waals surface area contributed by atoms with Crippen LogP contribution in [0.1, 0.15) is 31.4 Å². The number of halogens is 1. The zero-order valence-corrected chi connectivity index (χ0v) is 13.4. The fourth-order valence-electron chi connectivity index (χ4n) is 2.51. The molecular weight excluding hydrogens is 297 g/mol. The second kappa shape index (κ2) is 6.45. The minimum absolute atomic E-state index is 0.0823. The molecule has 0 spiro atoms. The predicted octanol–water partition coefficient (Wildman–Crippen LogP) is 2.78. The van der Waals surface area contributed by atoms with Crippen molar-refractivity contribution in [3.05, 3.63) is 29.6 Å². The number of rotatable bonds is 5. The first kappa shape index (κ1) is 15.8. The van der Waals surface area contributed by atoms with Crippen LogP contribution in [0.3, 0.4) is 0 Å². The van der Waals surface area contributed by atoms with Crippen molar-refractivity contribution in [2.24, 2.45) is 0 Å². The van der Waals surface area contributed by atoms with Crippen molar-refractivity contribution < 1.29 is 12.8 Å². The van der Waals surface area contributed by atoms with E-state index >= 15 is 0 Å². The van der Waals surface area contributed by atoms with E-state index in [1.165, 1.54) is 18.2 Å². The van der Waals surface area contributed by atoms with Crippen LogP contribution >= 0.6 is 11.8 Å². The third-order valence-electron chi connectivity index (χ3n) is 3.60. The molecule has 0 saturated heterocycles. The first-order valence-corrected chi connectivity index (χ1v) is 9.76. The lowest BCUT2D eigenvalue weighted by atomic mass is 10.0. The van der Waals surface area contributed by atoms with Gasteiger partial charge in [0.2, 0.25) is 0 Å². The highest BCUT2D eigenvalue weighted by Crippen LogP contribution is 2.33. The van der Waals surface area contributed by atoms with Gasteiger partial charge in [0, 0.05) is 12.1 Å². The first-order chi connectivity index (χ1) is 9.44. The summed E-state index contributed by atoms with van der Waals surface area (Å²) in [6, 6.07) is 4.16. The Morgan fingerprint density at radius 3 is 2.95 bits per heavy atom. The van der Waals surface area contributed by atoms with Crippen LogP contribution in [-0.4, -0.2) is 32.2 Å². The summed E-state index contributed by atoms with van der Waals surface area (Å²) >= 11 is 1.78. The average molecular weight is 317 g/mol. The lowest BCUT2D eigenvalue weighted by molar-refractivity contribution is 0.424. The molecule has 6 heteroatoms. The average Bonchev–Trinajstić information content (AvgIpc) is 2.39. The quantitative estimate of drug-likeness (QED) is 0.848. The number of thioether (sulfide) groups is 1. The summed E-state index contributed by atoms with van der Waals surface area (Å²) < 4.78 is 37.5. The van der Waals surface area contributed by atoms with Gasteiger partial charge < -0.3 is 5.32 Å². The van der Waals surface area contributed by atoms with Crippen LogP contribution in [0.2, 0.25) is 0 Å². The van der Waals surface area contributed by atoms with Crippen molar-refractivity contribution in [1.29, 1.82) is 0 Å². The summed E-state index contributed by atoms with van der Waals surface area (Å²) in [6.45, 7) is 2.08. The smallest absolute Gasteiger partial charge is 0.178 e. The van der Waals surface area contributed by atoms with E-state index in [-0.39, 0.29) is 28.5 Å². The van der Waals surface area contributed by atoms with Crippen molar-refractivity contribution in [3.8, 4) is 0 Å². The second-order valence-electron chi connectivity index (χ2n) is 5.19. The van der Waals surface area contributed by atoms with Gasteiger partial charge in [0.15, 0.2) is 9.84 Å². The second-order valence-corrected chi connectivity index (χ2v) is 8.25. The maximum Gasteiger partial charge on any atom is 0.178 e. The number of nitrogens with one attached hydrogen (secondary N) is 1. The summed E-state index contributed by atoms with van der Waals surface area (Å²) in [5, 5.41) is 3.43. The van der Waals surface area contributed by atoms with Crippen LogP contribution in [0.25, 0.3) is 0 Å². The Balaban J connectivity index is 2.23. The molecule has 1 aliphatic heterocycles. The molecule has 1 aromatic carbocycles. The molecule has 2 unspecified atom stereocenters. The first-order valence-electron chi connectivity index (χ1n) is 6.71. The van der Waals surface area contributed by atoms with Gasteiger partial charge in [-0.2, -0.15) is 11.8 Å². The lowest BCUT2D eigenvalue weighted by Gasteiger charge is -2.29. The fraction of sp³-hybridized carbons (Fsp3) is 0.571. The van der Waals surface area contributed by atoms with Gasteiger partial charge in [-0.15, -0.1) is 0 Å². The van der Waals surface area contributed by atoms with Crippen LogP contribution in [0, 0.1) is 5.82 Å². The monoisotopic (exact) mass is 317 g/mol. The largest absolute Gasteiger partial charge is 0.307 e. The summed E-state index contributed by atoms with van der Waals surface area (Å²) in [6.07, 6.45) is 3.57. The Kier molecular flexibility index (Phi) is 5.09. The van der Waals surface area contributed by atoms with E-state index in [2.05, 4.69) is 18.5 Å². The van der Waals surface area contributed by atoms with E-state index in [4.69, 9.17) is 0 Å². The Hall–Kier alpha value is -0.590. The van der Waals surface area contributed by atoms with Gasteiger partial charge in [0.25, 0.3) is 0 Å². The Bertz CT molecular complexity index is 575. The number of hydrogen-bond donors (Lipinski definition) is 1. The number of sulfone groups is 1. The fourth-order valence-corrected chi connectivity index (χ4v) is 4.70. The van der Waals surface area contributed by atoms with Crippen molar-refractivity contribution in [1.82, 2.24) is 5.32 Å². The number of benzene rings is 1. The van der Waals surface area contributed by atoms with Crippen LogP contribution in [0.4, 0.5) is 4.39 Å². The lowest BCUT2D eigenvalue weighted by Crippen LogP contribution is -2.35. The third-order valence-corrected chi connectivity index (χ3v) is 6.06. The molecule has 1 heterocycles. The Labute approximate surface area is 124 Å². The molecule has 2 atom stereocenters. The van der Waals surface area contributed by atoms with E-state index in [0.29, 0.717) is 12.0 Å². The minimum atomic E-state index is -3.26. The normalized spacial score (nSPS) is 22.2. The SMILES string of the molecule is CSCCC(C)NC1CCS(=O)(=O)c2ccc(F)cc21. The maximum absolute atomic E-state index is 13.4. The zero-order valence-electron chi connectivity index (χ0n) is 11.7. The van der Waals surface area contributed by atoms with Crippen LogP contribution in [-0.2, 0) is 9.84 Å². The summed E-state index contributed by atoms with van der Waals surface area (Å²) in [5.41, 5.74) is 0.576. The molecule has 1 aliphatic rings. The van der Waals surface area contributed by atoms with Gasteiger partial charge in [-0.05, 0) is 55.5 Å². The zero-order chi connectivity index (χ0) is 14.8. The summed E-state index contributed by atoms with van der Waals surface area (Å²) in [5.74, 6) is 0.790. The highest BCUT2D eigenvalue weighted by molar-refractivity contribution is 7.98. The van der Waals surface area contributed by atoms with Crippen molar-refractivity contribution >= 4 is 21.6 Å². The van der Waals surface area contributed by atoms with Crippen molar-refractivity contribution in [2.45, 2.75) is 36.7 Å². The minimum Gasteiger partial charge on any atom is -0.307 e. The molecule has 20 heavy (non-hydrogen) atoms. The molecule has 112 valence electrons. The summed E-state index contributed by atoms with van der Waals surface area (Å²) in [7, 11) is -3.26. The van der Waals surface area contributed by atoms with E-state index in [9.17, 15) is 12.8 Å². The van der Waals surface area contributed by atoms with E-state index in [1.807, 2.05) is 0 Å².